The van der Waals surface area contributed by atoms with Crippen LogP contribution in [-0.2, 0) is 14.9 Å². The molecule has 3 aromatic rings. The number of ether oxygens (including phenoxy) is 1. The van der Waals surface area contributed by atoms with E-state index in [4.69, 9.17) is 32.1 Å². The number of likely N-dealkylation sites (tertiary alicyclic amines) is 1. The summed E-state index contributed by atoms with van der Waals surface area (Å²) in [6.07, 6.45) is 11.6. The van der Waals surface area contributed by atoms with Gasteiger partial charge < -0.3 is 30.2 Å². The Bertz CT molecular complexity index is 1980. The van der Waals surface area contributed by atoms with Crippen molar-refractivity contribution in [1.29, 1.82) is 10.8 Å². The highest BCUT2D eigenvalue weighted by atomic mass is 35.5. The van der Waals surface area contributed by atoms with Crippen LogP contribution < -0.4 is 10.2 Å². The summed E-state index contributed by atoms with van der Waals surface area (Å²) < 4.78 is 38.5. The van der Waals surface area contributed by atoms with Crippen molar-refractivity contribution < 1.29 is 23.1 Å². The Morgan fingerprint density at radius 2 is 1.89 bits per heavy atom. The van der Waals surface area contributed by atoms with Gasteiger partial charge in [0.15, 0.2) is 11.6 Å². The SMILES string of the molecule is CCC(c1ccc(N2C[C@](C)(c3cccc(Cl)c3F)c3c2cnc(NC2CN(C(=O)C(=N)/C=C\C=N)C2)c3F)nc1)N(CCC1CCC1)C(=O)OC(C)(C)C. The lowest BCUT2D eigenvalue weighted by Crippen LogP contribution is -2.58. The number of nitrogens with one attached hydrogen (secondary N) is 3. The first-order valence-corrected chi connectivity index (χ1v) is 19.2. The van der Waals surface area contributed by atoms with Crippen molar-refractivity contribution >= 4 is 52.9 Å². The second kappa shape index (κ2) is 16.1. The minimum Gasteiger partial charge on any atom is -0.444 e. The van der Waals surface area contributed by atoms with Crippen LogP contribution in [0.3, 0.4) is 0 Å². The molecular weight excluding hydrogens is 726 g/mol. The van der Waals surface area contributed by atoms with Gasteiger partial charge in [-0.15, -0.1) is 0 Å². The number of nitrogens with zero attached hydrogens (tertiary/aromatic N) is 5. The molecule has 1 aliphatic carbocycles. The molecule has 2 aromatic heterocycles. The Morgan fingerprint density at radius 1 is 1.15 bits per heavy atom. The van der Waals surface area contributed by atoms with E-state index in [0.29, 0.717) is 30.4 Å². The van der Waals surface area contributed by atoms with E-state index in [0.717, 1.165) is 18.2 Å². The van der Waals surface area contributed by atoms with E-state index in [2.05, 4.69) is 10.3 Å². The van der Waals surface area contributed by atoms with Crippen LogP contribution in [0.5, 0.6) is 0 Å². The summed E-state index contributed by atoms with van der Waals surface area (Å²) in [7, 11) is 0. The monoisotopic (exact) mass is 774 g/mol. The van der Waals surface area contributed by atoms with Crippen molar-refractivity contribution in [2.24, 2.45) is 5.92 Å². The van der Waals surface area contributed by atoms with Crippen LogP contribution in [0.15, 0.2) is 54.9 Å². The summed E-state index contributed by atoms with van der Waals surface area (Å²) in [6, 6.07) is 7.86. The van der Waals surface area contributed by atoms with Gasteiger partial charge in [-0.05, 0) is 76.3 Å². The zero-order valence-electron chi connectivity index (χ0n) is 32.0. The molecule has 2 aliphatic heterocycles. The third kappa shape index (κ3) is 8.22. The second-order valence-electron chi connectivity index (χ2n) is 15.8. The van der Waals surface area contributed by atoms with E-state index >= 15 is 8.78 Å². The lowest BCUT2D eigenvalue weighted by atomic mass is 9.77. The van der Waals surface area contributed by atoms with Crippen LogP contribution in [0.25, 0.3) is 0 Å². The third-order valence-corrected chi connectivity index (χ3v) is 11.1. The molecule has 4 heterocycles. The van der Waals surface area contributed by atoms with Crippen molar-refractivity contribution in [3.05, 3.63) is 88.2 Å². The zero-order chi connectivity index (χ0) is 39.7. The summed E-state index contributed by atoms with van der Waals surface area (Å²) in [6.45, 7) is 10.5. The van der Waals surface area contributed by atoms with Gasteiger partial charge in [-0.1, -0.05) is 56.0 Å². The molecule has 1 aromatic carbocycles. The van der Waals surface area contributed by atoms with E-state index in [-0.39, 0.29) is 65.5 Å². The first kappa shape index (κ1) is 39.8. The number of carbonyl (C=O) groups excluding carboxylic acids is 2. The fraction of sp³-hybridized carbons (Fsp3) is 0.463. The summed E-state index contributed by atoms with van der Waals surface area (Å²) in [5.41, 5.74) is -0.408. The number of aromatic nitrogens is 2. The molecule has 55 heavy (non-hydrogen) atoms. The number of hydrogen-bond donors (Lipinski definition) is 3. The van der Waals surface area contributed by atoms with E-state index in [1.807, 2.05) is 49.6 Å². The molecule has 2 atom stereocenters. The van der Waals surface area contributed by atoms with Gasteiger partial charge in [-0.3, -0.25) is 10.2 Å². The molecule has 0 spiro atoms. The molecule has 6 rings (SSSR count). The van der Waals surface area contributed by atoms with E-state index in [1.54, 1.807) is 31.5 Å². The molecule has 3 N–H and O–H groups in total. The molecule has 0 radical (unpaired) electrons. The molecule has 2 amide bonds. The van der Waals surface area contributed by atoms with Crippen LogP contribution in [0.2, 0.25) is 5.02 Å². The Morgan fingerprint density at radius 3 is 2.51 bits per heavy atom. The third-order valence-electron chi connectivity index (χ3n) is 10.8. The maximum atomic E-state index is 16.9. The number of hydrogen-bond acceptors (Lipinski definition) is 9. The molecular formula is C41H49ClF2N8O3. The summed E-state index contributed by atoms with van der Waals surface area (Å²) in [5.74, 6) is -0.724. The van der Waals surface area contributed by atoms with E-state index < -0.39 is 28.6 Å². The molecule has 1 unspecified atom stereocenters. The standard InChI is InChI=1S/C41H49ClF2N8O3/c1-6-31(51(19-17-25-10-7-11-25)39(54)55-40(2,3)4)26-15-16-33(47-20-26)52-24-41(5,28-12-8-13-29(42)35(28)43)34-32(52)21-48-37(36(34)44)49-27-22-50(23-27)38(53)30(46)14-9-18-45/h8-9,12-16,18,20-21,25,27,31,45-46H,6-7,10-11,17,19,22-24H2,1-5H3,(H,48,49)/b14-9-,45-18?,46-30?/t31?,41-/m1/s1. The van der Waals surface area contributed by atoms with Crippen LogP contribution in [0.1, 0.15) is 89.5 Å². The van der Waals surface area contributed by atoms with Crippen LogP contribution in [0.4, 0.5) is 30.9 Å². The highest BCUT2D eigenvalue weighted by molar-refractivity contribution is 6.42. The number of allylic oxidation sites excluding steroid dienone is 1. The predicted molar refractivity (Wildman–Crippen MR) is 211 cm³/mol. The lowest BCUT2D eigenvalue weighted by molar-refractivity contribution is -0.127. The summed E-state index contributed by atoms with van der Waals surface area (Å²) in [5, 5.41) is 18.0. The molecule has 1 saturated heterocycles. The fourth-order valence-electron chi connectivity index (χ4n) is 7.65. The van der Waals surface area contributed by atoms with Crippen molar-refractivity contribution in [2.45, 2.75) is 89.8 Å². The highest BCUT2D eigenvalue weighted by Crippen LogP contribution is 2.50. The average Bonchev–Trinajstić information content (AvgIpc) is 3.42. The number of anilines is 3. The first-order valence-electron chi connectivity index (χ1n) is 18.8. The zero-order valence-corrected chi connectivity index (χ0v) is 32.7. The highest BCUT2D eigenvalue weighted by Gasteiger charge is 2.47. The van der Waals surface area contributed by atoms with Gasteiger partial charge in [0.1, 0.15) is 22.9 Å². The molecule has 0 bridgehead atoms. The molecule has 1 saturated carbocycles. The van der Waals surface area contributed by atoms with Crippen molar-refractivity contribution in [2.75, 3.05) is 36.4 Å². The Hall–Kier alpha value is -4.91. The minimum atomic E-state index is -1.22. The maximum absolute atomic E-state index is 16.9. The van der Waals surface area contributed by atoms with E-state index in [1.165, 1.54) is 42.4 Å². The van der Waals surface area contributed by atoms with Gasteiger partial charge in [-0.2, -0.15) is 0 Å². The maximum Gasteiger partial charge on any atom is 0.410 e. The number of pyridine rings is 2. The van der Waals surface area contributed by atoms with Gasteiger partial charge in [-0.25, -0.2) is 23.5 Å². The van der Waals surface area contributed by atoms with E-state index in [9.17, 15) is 9.59 Å². The number of halogens is 3. The number of rotatable bonds is 13. The number of amides is 2. The molecule has 2 fully saturated rings. The van der Waals surface area contributed by atoms with Crippen molar-refractivity contribution in [3.8, 4) is 0 Å². The smallest absolute Gasteiger partial charge is 0.410 e. The lowest BCUT2D eigenvalue weighted by Gasteiger charge is -2.39. The quantitative estimate of drug-likeness (QED) is 0.148. The molecule has 11 nitrogen and oxygen atoms in total. The van der Waals surface area contributed by atoms with Crippen LogP contribution in [0, 0.1) is 28.4 Å². The Balaban J connectivity index is 1.29. The van der Waals surface area contributed by atoms with Gasteiger partial charge in [0.05, 0.1) is 29.0 Å². The van der Waals surface area contributed by atoms with Gasteiger partial charge in [0.2, 0.25) is 0 Å². The number of benzene rings is 1. The van der Waals surface area contributed by atoms with Crippen LogP contribution >= 0.6 is 11.6 Å². The fourth-order valence-corrected chi connectivity index (χ4v) is 7.82. The average molecular weight is 775 g/mol. The second-order valence-corrected chi connectivity index (χ2v) is 16.2. The minimum absolute atomic E-state index is 0.0385. The Kier molecular flexibility index (Phi) is 11.6. The Labute approximate surface area is 326 Å². The number of fused-ring (bicyclic) bond motifs is 1. The molecule has 14 heteroatoms. The van der Waals surface area contributed by atoms with Gasteiger partial charge in [0.25, 0.3) is 5.91 Å². The summed E-state index contributed by atoms with van der Waals surface area (Å²) >= 11 is 6.27. The topological polar surface area (TPSA) is 139 Å². The van der Waals surface area contributed by atoms with Crippen molar-refractivity contribution in [3.63, 3.8) is 0 Å². The number of carbonyl (C=O) groups is 2. The van der Waals surface area contributed by atoms with Crippen molar-refractivity contribution in [1.82, 2.24) is 19.8 Å². The molecule has 3 aliphatic rings. The largest absolute Gasteiger partial charge is 0.444 e. The first-order chi connectivity index (χ1) is 26.1. The van der Waals surface area contributed by atoms with Gasteiger partial charge in [0, 0.05) is 55.1 Å². The predicted octanol–water partition coefficient (Wildman–Crippen LogP) is 8.59. The van der Waals surface area contributed by atoms with Crippen LogP contribution in [-0.4, -0.2) is 81.5 Å². The normalized spacial score (nSPS) is 19.1. The molecule has 292 valence electrons. The van der Waals surface area contributed by atoms with Gasteiger partial charge >= 0.3 is 6.09 Å². The summed E-state index contributed by atoms with van der Waals surface area (Å²) in [4.78, 5) is 40.5.